The van der Waals surface area contributed by atoms with E-state index in [1.165, 1.54) is 42.1 Å². The Kier molecular flexibility index (Phi) is 1.39. The predicted octanol–water partition coefficient (Wildman–Crippen LogP) is 2.69. The number of hydrogen-bond acceptors (Lipinski definition) is 1. The van der Waals surface area contributed by atoms with Gasteiger partial charge in [0.1, 0.15) is 0 Å². The number of nitrogens with one attached hydrogen (secondary N) is 1. The molecule has 0 radical (unpaired) electrons. The van der Waals surface area contributed by atoms with Crippen molar-refractivity contribution in [2.75, 3.05) is 0 Å². The molecule has 1 heterocycles. The zero-order valence-corrected chi connectivity index (χ0v) is 9.29. The largest absolute Gasteiger partial charge is 0.361 e. The summed E-state index contributed by atoms with van der Waals surface area (Å²) in [7, 11) is 0. The molecule has 0 unspecified atom stereocenters. The van der Waals surface area contributed by atoms with Crippen LogP contribution in [0.2, 0.25) is 0 Å². The van der Waals surface area contributed by atoms with E-state index in [0.717, 1.165) is 0 Å². The van der Waals surface area contributed by atoms with Gasteiger partial charge in [0.25, 0.3) is 0 Å². The van der Waals surface area contributed by atoms with E-state index in [1.807, 2.05) is 0 Å². The van der Waals surface area contributed by atoms with Crippen molar-refractivity contribution in [3.05, 3.63) is 36.0 Å². The Hall–Kier alpha value is -1.28. The van der Waals surface area contributed by atoms with Crippen LogP contribution >= 0.6 is 0 Å². The van der Waals surface area contributed by atoms with Crippen molar-refractivity contribution in [1.82, 2.24) is 4.98 Å². The van der Waals surface area contributed by atoms with Crippen molar-refractivity contribution in [3.63, 3.8) is 0 Å². The molecule has 0 atom stereocenters. The minimum Gasteiger partial charge on any atom is -0.361 e. The first-order chi connectivity index (χ1) is 7.75. The maximum atomic E-state index is 6.46. The van der Waals surface area contributed by atoms with Crippen LogP contribution < -0.4 is 5.73 Å². The number of benzene rings is 1. The Balaban J connectivity index is 1.94. The number of hydrogen-bond donors (Lipinski definition) is 2. The molecular weight excluding hydrogens is 196 g/mol. The number of para-hydroxylation sites is 1. The molecule has 16 heavy (non-hydrogen) atoms. The minimum absolute atomic E-state index is 0.109. The molecule has 0 amide bonds. The summed E-state index contributed by atoms with van der Waals surface area (Å²) >= 11 is 0. The molecular formula is C14H16N2. The van der Waals surface area contributed by atoms with Crippen LogP contribution in [0, 0.1) is 0 Å². The lowest BCUT2D eigenvalue weighted by atomic mass is 9.86. The van der Waals surface area contributed by atoms with Crippen LogP contribution in [0.3, 0.4) is 0 Å². The monoisotopic (exact) mass is 212 g/mol. The zero-order valence-electron chi connectivity index (χ0n) is 9.29. The second kappa shape index (κ2) is 2.51. The standard InChI is InChI=1S/C14H16N2/c15-14(7-8-14)13(5-6-13)11-9-16-12-4-2-1-3-10(11)12/h1-4,9,16H,5-8,15H2. The number of aromatic amines is 1. The summed E-state index contributed by atoms with van der Waals surface area (Å²) in [5, 5.41) is 1.37. The molecule has 2 aliphatic carbocycles. The third kappa shape index (κ3) is 0.914. The second-order valence-corrected chi connectivity index (χ2v) is 5.49. The summed E-state index contributed by atoms with van der Waals surface area (Å²) in [6, 6.07) is 8.56. The molecule has 2 aliphatic rings. The predicted molar refractivity (Wildman–Crippen MR) is 65.4 cm³/mol. The van der Waals surface area contributed by atoms with Crippen molar-refractivity contribution in [2.24, 2.45) is 5.73 Å². The van der Waals surface area contributed by atoms with Gasteiger partial charge in [0, 0.05) is 28.1 Å². The van der Waals surface area contributed by atoms with Gasteiger partial charge < -0.3 is 10.7 Å². The van der Waals surface area contributed by atoms with E-state index in [2.05, 4.69) is 35.4 Å². The number of H-pyrrole nitrogens is 1. The Morgan fingerprint density at radius 1 is 1.06 bits per heavy atom. The lowest BCUT2D eigenvalue weighted by Gasteiger charge is -2.22. The molecule has 3 N–H and O–H groups in total. The van der Waals surface area contributed by atoms with Gasteiger partial charge in [-0.05, 0) is 37.3 Å². The number of rotatable bonds is 2. The minimum atomic E-state index is 0.109. The SMILES string of the molecule is NC1(C2(c3c[nH]c4ccccc34)CC2)CC1. The van der Waals surface area contributed by atoms with Gasteiger partial charge in [-0.2, -0.15) is 0 Å². The number of fused-ring (bicyclic) bond motifs is 1. The van der Waals surface area contributed by atoms with Crippen LogP contribution in [0.25, 0.3) is 10.9 Å². The summed E-state index contributed by atoms with van der Waals surface area (Å²) in [5.41, 5.74) is 9.57. The Labute approximate surface area is 94.8 Å². The molecule has 2 saturated carbocycles. The van der Waals surface area contributed by atoms with Crippen molar-refractivity contribution >= 4 is 10.9 Å². The highest BCUT2D eigenvalue weighted by Crippen LogP contribution is 2.64. The zero-order chi connectivity index (χ0) is 10.8. The molecule has 4 rings (SSSR count). The first-order valence-electron chi connectivity index (χ1n) is 6.11. The molecule has 0 saturated heterocycles. The molecule has 1 aromatic carbocycles. The van der Waals surface area contributed by atoms with E-state index in [0.29, 0.717) is 5.41 Å². The molecule has 0 bridgehead atoms. The van der Waals surface area contributed by atoms with E-state index in [1.54, 1.807) is 0 Å². The van der Waals surface area contributed by atoms with Crippen molar-refractivity contribution in [1.29, 1.82) is 0 Å². The van der Waals surface area contributed by atoms with Crippen LogP contribution in [0.15, 0.2) is 30.5 Å². The van der Waals surface area contributed by atoms with E-state index in [9.17, 15) is 0 Å². The first-order valence-corrected chi connectivity index (χ1v) is 6.11. The smallest absolute Gasteiger partial charge is 0.0457 e. The van der Waals surface area contributed by atoms with Crippen LogP contribution in [-0.4, -0.2) is 10.5 Å². The summed E-state index contributed by atoms with van der Waals surface area (Å²) in [6.45, 7) is 0. The van der Waals surface area contributed by atoms with Crippen LogP contribution in [0.5, 0.6) is 0 Å². The van der Waals surface area contributed by atoms with Crippen molar-refractivity contribution in [3.8, 4) is 0 Å². The number of aromatic nitrogens is 1. The lowest BCUT2D eigenvalue weighted by molar-refractivity contribution is 0.506. The van der Waals surface area contributed by atoms with Crippen LogP contribution in [-0.2, 0) is 5.41 Å². The van der Waals surface area contributed by atoms with E-state index in [-0.39, 0.29) is 5.54 Å². The molecule has 2 aromatic rings. The van der Waals surface area contributed by atoms with E-state index < -0.39 is 0 Å². The van der Waals surface area contributed by atoms with Gasteiger partial charge in [0.05, 0.1) is 0 Å². The molecule has 2 fully saturated rings. The topological polar surface area (TPSA) is 41.8 Å². The quantitative estimate of drug-likeness (QED) is 0.789. The molecule has 82 valence electrons. The van der Waals surface area contributed by atoms with Crippen molar-refractivity contribution in [2.45, 2.75) is 36.6 Å². The Morgan fingerprint density at radius 3 is 2.50 bits per heavy atom. The highest BCUT2D eigenvalue weighted by atomic mass is 14.9. The summed E-state index contributed by atoms with van der Waals surface area (Å²) in [4.78, 5) is 3.38. The summed E-state index contributed by atoms with van der Waals surface area (Å²) < 4.78 is 0. The second-order valence-electron chi connectivity index (χ2n) is 5.49. The van der Waals surface area contributed by atoms with Crippen LogP contribution in [0.1, 0.15) is 31.2 Å². The molecule has 0 spiro atoms. The highest BCUT2D eigenvalue weighted by molar-refractivity contribution is 5.85. The maximum Gasteiger partial charge on any atom is 0.0457 e. The fourth-order valence-electron chi connectivity index (χ4n) is 3.24. The normalized spacial score (nSPS) is 24.6. The fourth-order valence-corrected chi connectivity index (χ4v) is 3.24. The van der Waals surface area contributed by atoms with Gasteiger partial charge in [-0.3, -0.25) is 0 Å². The third-order valence-corrected chi connectivity index (χ3v) is 4.60. The average molecular weight is 212 g/mol. The van der Waals surface area contributed by atoms with Gasteiger partial charge in [-0.15, -0.1) is 0 Å². The summed E-state index contributed by atoms with van der Waals surface area (Å²) in [6.07, 6.45) is 7.13. The number of nitrogens with two attached hydrogens (primary N) is 1. The Bertz CT molecular complexity index is 559. The average Bonchev–Trinajstić information content (AvgIpc) is 3.20. The summed E-state index contributed by atoms with van der Waals surface area (Å²) in [5.74, 6) is 0. The first kappa shape index (κ1) is 8.82. The molecule has 2 nitrogen and oxygen atoms in total. The van der Waals surface area contributed by atoms with E-state index >= 15 is 0 Å². The molecule has 2 heteroatoms. The molecule has 1 aromatic heterocycles. The van der Waals surface area contributed by atoms with Crippen LogP contribution in [0.4, 0.5) is 0 Å². The van der Waals surface area contributed by atoms with Gasteiger partial charge in [-0.25, -0.2) is 0 Å². The van der Waals surface area contributed by atoms with Gasteiger partial charge in [-0.1, -0.05) is 18.2 Å². The van der Waals surface area contributed by atoms with Gasteiger partial charge in [0.15, 0.2) is 0 Å². The Morgan fingerprint density at radius 2 is 1.81 bits per heavy atom. The lowest BCUT2D eigenvalue weighted by Crippen LogP contribution is -2.37. The van der Waals surface area contributed by atoms with Gasteiger partial charge in [0.2, 0.25) is 0 Å². The van der Waals surface area contributed by atoms with Gasteiger partial charge >= 0.3 is 0 Å². The highest BCUT2D eigenvalue weighted by Gasteiger charge is 2.64. The third-order valence-electron chi connectivity index (χ3n) is 4.60. The fraction of sp³-hybridized carbons (Fsp3) is 0.429. The maximum absolute atomic E-state index is 6.46. The van der Waals surface area contributed by atoms with Crippen molar-refractivity contribution < 1.29 is 0 Å². The van der Waals surface area contributed by atoms with E-state index in [4.69, 9.17) is 5.73 Å². The molecule has 0 aliphatic heterocycles.